The topological polar surface area (TPSA) is 25.8 Å². The Morgan fingerprint density at radius 3 is 2.36 bits per heavy atom. The molecule has 124 valence electrons. The predicted molar refractivity (Wildman–Crippen MR) is 102 cm³/mol. The minimum atomic E-state index is 0.121. The molecular weight excluding hydrogens is 328 g/mol. The van der Waals surface area contributed by atoms with Crippen molar-refractivity contribution in [2.45, 2.75) is 37.5 Å². The van der Waals surface area contributed by atoms with Crippen LogP contribution in [0.1, 0.15) is 36.8 Å². The van der Waals surface area contributed by atoms with E-state index >= 15 is 0 Å². The van der Waals surface area contributed by atoms with Crippen molar-refractivity contribution < 1.29 is 0 Å². The molecule has 2 aliphatic rings. The van der Waals surface area contributed by atoms with Crippen LogP contribution in [-0.4, -0.2) is 9.97 Å². The van der Waals surface area contributed by atoms with E-state index in [1.807, 2.05) is 30.3 Å². The van der Waals surface area contributed by atoms with Crippen LogP contribution in [0.4, 0.5) is 0 Å². The second kappa shape index (κ2) is 5.67. The molecule has 3 heteroatoms. The Morgan fingerprint density at radius 1 is 0.840 bits per heavy atom. The van der Waals surface area contributed by atoms with Crippen LogP contribution in [0.3, 0.4) is 0 Å². The van der Waals surface area contributed by atoms with Gasteiger partial charge >= 0.3 is 0 Å². The van der Waals surface area contributed by atoms with Gasteiger partial charge in [0.25, 0.3) is 0 Å². The molecule has 1 aromatic heterocycles. The average molecular weight is 347 g/mol. The fourth-order valence-electron chi connectivity index (χ4n) is 4.65. The highest BCUT2D eigenvalue weighted by Crippen LogP contribution is 2.53. The number of aromatic nitrogens is 2. The number of rotatable bonds is 1. The third-order valence-electron chi connectivity index (χ3n) is 5.79. The van der Waals surface area contributed by atoms with E-state index in [1.54, 1.807) is 0 Å². The molecule has 0 saturated heterocycles. The van der Waals surface area contributed by atoms with Gasteiger partial charge in [-0.15, -0.1) is 0 Å². The van der Waals surface area contributed by atoms with Crippen molar-refractivity contribution >= 4 is 11.6 Å². The molecule has 0 N–H and O–H groups in total. The van der Waals surface area contributed by atoms with Gasteiger partial charge in [0.2, 0.25) is 0 Å². The highest BCUT2D eigenvalue weighted by atomic mass is 35.5. The minimum Gasteiger partial charge on any atom is -0.228 e. The Labute approximate surface area is 152 Å². The van der Waals surface area contributed by atoms with Crippen molar-refractivity contribution in [2.75, 3.05) is 0 Å². The molecule has 25 heavy (non-hydrogen) atoms. The van der Waals surface area contributed by atoms with Crippen LogP contribution in [0.15, 0.2) is 54.6 Å². The molecule has 2 aromatic carbocycles. The van der Waals surface area contributed by atoms with E-state index in [4.69, 9.17) is 21.6 Å². The van der Waals surface area contributed by atoms with Crippen molar-refractivity contribution in [3.8, 4) is 22.6 Å². The van der Waals surface area contributed by atoms with Crippen LogP contribution in [0.5, 0.6) is 0 Å². The van der Waals surface area contributed by atoms with Crippen LogP contribution >= 0.6 is 11.6 Å². The third kappa shape index (κ3) is 2.31. The molecule has 0 aliphatic heterocycles. The third-order valence-corrected chi connectivity index (χ3v) is 6.06. The summed E-state index contributed by atoms with van der Waals surface area (Å²) in [5.74, 6) is 0.717. The van der Waals surface area contributed by atoms with Gasteiger partial charge < -0.3 is 0 Å². The molecule has 3 aromatic rings. The van der Waals surface area contributed by atoms with E-state index in [2.05, 4.69) is 24.3 Å². The van der Waals surface area contributed by atoms with E-state index in [1.165, 1.54) is 42.4 Å². The van der Waals surface area contributed by atoms with Crippen LogP contribution in [0.2, 0.25) is 5.15 Å². The van der Waals surface area contributed by atoms with Gasteiger partial charge in [0.1, 0.15) is 5.15 Å². The smallest absolute Gasteiger partial charge is 0.161 e. The maximum absolute atomic E-state index is 6.78. The zero-order valence-corrected chi connectivity index (χ0v) is 14.8. The van der Waals surface area contributed by atoms with Gasteiger partial charge in [-0.3, -0.25) is 0 Å². The summed E-state index contributed by atoms with van der Waals surface area (Å²) in [4.78, 5) is 9.71. The summed E-state index contributed by atoms with van der Waals surface area (Å²) in [6, 6.07) is 18.8. The van der Waals surface area contributed by atoms with Crippen LogP contribution in [0.25, 0.3) is 22.6 Å². The van der Waals surface area contributed by atoms with Crippen LogP contribution in [0, 0.1) is 0 Å². The summed E-state index contributed by atoms with van der Waals surface area (Å²) in [7, 11) is 0. The maximum atomic E-state index is 6.78. The Balaban J connectivity index is 1.79. The summed E-state index contributed by atoms with van der Waals surface area (Å²) < 4.78 is 0. The Kier molecular flexibility index (Phi) is 3.42. The number of fused-ring (bicyclic) bond motifs is 4. The molecule has 0 amide bonds. The van der Waals surface area contributed by atoms with Crippen molar-refractivity contribution in [1.82, 2.24) is 9.97 Å². The number of halogens is 1. The highest BCUT2D eigenvalue weighted by Gasteiger charge is 2.43. The van der Waals surface area contributed by atoms with E-state index in [9.17, 15) is 0 Å². The molecule has 5 rings (SSSR count). The van der Waals surface area contributed by atoms with Crippen molar-refractivity contribution in [2.24, 2.45) is 0 Å². The summed E-state index contributed by atoms with van der Waals surface area (Å²) in [6.07, 6.45) is 5.95. The second-order valence-electron chi connectivity index (χ2n) is 7.25. The van der Waals surface area contributed by atoms with E-state index in [-0.39, 0.29) is 5.41 Å². The van der Waals surface area contributed by atoms with E-state index in [0.29, 0.717) is 11.0 Å². The molecule has 0 atom stereocenters. The fourth-order valence-corrected chi connectivity index (χ4v) is 5.02. The summed E-state index contributed by atoms with van der Waals surface area (Å²) in [5.41, 5.74) is 5.97. The second-order valence-corrected chi connectivity index (χ2v) is 7.61. The fraction of sp³-hybridized carbons (Fsp3) is 0.273. The number of hydrogen-bond acceptors (Lipinski definition) is 2. The lowest BCUT2D eigenvalue weighted by Crippen LogP contribution is -2.31. The Hall–Kier alpha value is -2.19. The normalized spacial score (nSPS) is 17.3. The molecule has 1 saturated carbocycles. The molecular formula is C22H19ClN2. The van der Waals surface area contributed by atoms with Gasteiger partial charge in [0, 0.05) is 22.1 Å². The average Bonchev–Trinajstić information content (AvgIpc) is 3.10. The van der Waals surface area contributed by atoms with Gasteiger partial charge in [-0.2, -0.15) is 0 Å². The maximum Gasteiger partial charge on any atom is 0.161 e. The summed E-state index contributed by atoms with van der Waals surface area (Å²) in [5, 5.41) is 0.639. The zero-order valence-electron chi connectivity index (χ0n) is 14.0. The van der Waals surface area contributed by atoms with Gasteiger partial charge in [-0.25, -0.2) is 9.97 Å². The van der Waals surface area contributed by atoms with Crippen molar-refractivity contribution in [3.63, 3.8) is 0 Å². The van der Waals surface area contributed by atoms with Crippen molar-refractivity contribution in [1.29, 1.82) is 0 Å². The number of benzene rings is 2. The lowest BCUT2D eigenvalue weighted by Gasteiger charge is -2.36. The first-order valence-electron chi connectivity index (χ1n) is 8.99. The van der Waals surface area contributed by atoms with E-state index in [0.717, 1.165) is 17.7 Å². The van der Waals surface area contributed by atoms with Crippen LogP contribution < -0.4 is 0 Å². The lowest BCUT2D eigenvalue weighted by molar-refractivity contribution is 0.431. The molecule has 1 spiro atoms. The largest absolute Gasteiger partial charge is 0.228 e. The minimum absolute atomic E-state index is 0.121. The Morgan fingerprint density at radius 2 is 1.56 bits per heavy atom. The molecule has 0 radical (unpaired) electrons. The molecule has 0 bridgehead atoms. The molecule has 2 aliphatic carbocycles. The molecule has 0 unspecified atom stereocenters. The van der Waals surface area contributed by atoms with Gasteiger partial charge in [-0.1, -0.05) is 79.0 Å². The van der Waals surface area contributed by atoms with Gasteiger partial charge in [-0.05, 0) is 24.8 Å². The molecule has 2 nitrogen and oxygen atoms in total. The first kappa shape index (κ1) is 15.1. The molecule has 1 fully saturated rings. The summed E-state index contributed by atoms with van der Waals surface area (Å²) >= 11 is 6.78. The standard InChI is InChI=1S/C22H19ClN2/c23-20-18-19(24-21(25-20)15-8-2-1-3-9-15)17-11-5-4-10-16(17)14-22(18)12-6-7-13-22/h1-5,8-11H,6-7,12-14H2. The van der Waals surface area contributed by atoms with Gasteiger partial charge in [0.05, 0.1) is 5.69 Å². The number of hydrogen-bond donors (Lipinski definition) is 0. The monoisotopic (exact) mass is 346 g/mol. The predicted octanol–water partition coefficient (Wildman–Crippen LogP) is 5.83. The zero-order chi connectivity index (χ0) is 16.9. The van der Waals surface area contributed by atoms with Gasteiger partial charge in [0.15, 0.2) is 5.82 Å². The lowest BCUT2D eigenvalue weighted by atomic mass is 9.68. The Bertz CT molecular complexity index is 943. The SMILES string of the molecule is Clc1nc(-c2ccccc2)nc2c1C1(CCCC1)Cc1ccccc1-2. The van der Waals surface area contributed by atoms with Crippen LogP contribution in [-0.2, 0) is 11.8 Å². The highest BCUT2D eigenvalue weighted by molar-refractivity contribution is 6.30. The first-order valence-corrected chi connectivity index (χ1v) is 9.36. The van der Waals surface area contributed by atoms with E-state index < -0.39 is 0 Å². The quantitative estimate of drug-likeness (QED) is 0.518. The molecule has 1 heterocycles. The summed E-state index contributed by atoms with van der Waals surface area (Å²) in [6.45, 7) is 0. The van der Waals surface area contributed by atoms with Crippen molar-refractivity contribution in [3.05, 3.63) is 70.9 Å². The first-order chi connectivity index (χ1) is 12.3. The number of nitrogens with zero attached hydrogens (tertiary/aromatic N) is 2.